The lowest BCUT2D eigenvalue weighted by atomic mass is 10.1. The van der Waals surface area contributed by atoms with Gasteiger partial charge in [-0.1, -0.05) is 39.3 Å². The molecule has 0 bridgehead atoms. The molecule has 0 aliphatic rings. The minimum absolute atomic E-state index is 0.334. The lowest BCUT2D eigenvalue weighted by molar-refractivity contribution is 0.361. The van der Waals surface area contributed by atoms with Crippen molar-refractivity contribution >= 4 is 10.0 Å². The molecule has 0 aliphatic heterocycles. The van der Waals surface area contributed by atoms with E-state index < -0.39 is 10.0 Å². The van der Waals surface area contributed by atoms with E-state index in [-0.39, 0.29) is 0 Å². The van der Waals surface area contributed by atoms with Crippen LogP contribution in [0.2, 0.25) is 0 Å². The van der Waals surface area contributed by atoms with Crippen LogP contribution in [0.4, 0.5) is 0 Å². The Kier molecular flexibility index (Phi) is 5.97. The third-order valence-corrected chi connectivity index (χ3v) is 5.27. The van der Waals surface area contributed by atoms with E-state index in [0.717, 1.165) is 12.0 Å². The highest BCUT2D eigenvalue weighted by Gasteiger charge is 2.24. The summed E-state index contributed by atoms with van der Waals surface area (Å²) in [5.41, 5.74) is 6.40. The molecule has 0 saturated carbocycles. The molecule has 5 heteroatoms. The van der Waals surface area contributed by atoms with E-state index in [0.29, 0.717) is 30.4 Å². The van der Waals surface area contributed by atoms with Gasteiger partial charge in [0.1, 0.15) is 0 Å². The van der Waals surface area contributed by atoms with Crippen molar-refractivity contribution < 1.29 is 8.42 Å². The fourth-order valence-corrected chi connectivity index (χ4v) is 3.50. The van der Waals surface area contributed by atoms with Gasteiger partial charge in [0.25, 0.3) is 0 Å². The van der Waals surface area contributed by atoms with Gasteiger partial charge in [-0.2, -0.15) is 4.31 Å². The van der Waals surface area contributed by atoms with Gasteiger partial charge in [0, 0.05) is 19.6 Å². The van der Waals surface area contributed by atoms with Crippen LogP contribution < -0.4 is 5.73 Å². The molecule has 0 amide bonds. The summed E-state index contributed by atoms with van der Waals surface area (Å²) in [6.45, 7) is 7.39. The van der Waals surface area contributed by atoms with Crippen molar-refractivity contribution in [3.8, 4) is 0 Å². The molecule has 1 aromatic rings. The highest BCUT2D eigenvalue weighted by atomic mass is 32.2. The van der Waals surface area contributed by atoms with Crippen molar-refractivity contribution in [2.75, 3.05) is 13.1 Å². The van der Waals surface area contributed by atoms with E-state index in [9.17, 15) is 8.42 Å². The molecule has 0 heterocycles. The SMILES string of the molecule is CCC(C)CN(CC)S(=O)(=O)c1cccc(CN)c1. The first-order valence-corrected chi connectivity index (χ1v) is 8.18. The third-order valence-electron chi connectivity index (χ3n) is 3.34. The molecular formula is C14H24N2O2S. The monoisotopic (exact) mass is 284 g/mol. The third kappa shape index (κ3) is 4.03. The summed E-state index contributed by atoms with van der Waals surface area (Å²) in [5, 5.41) is 0. The summed E-state index contributed by atoms with van der Waals surface area (Å²) in [6.07, 6.45) is 0.967. The van der Waals surface area contributed by atoms with E-state index in [1.165, 1.54) is 4.31 Å². The fourth-order valence-electron chi connectivity index (χ4n) is 1.86. The number of nitrogens with zero attached hydrogens (tertiary/aromatic N) is 1. The highest BCUT2D eigenvalue weighted by Crippen LogP contribution is 2.19. The highest BCUT2D eigenvalue weighted by molar-refractivity contribution is 7.89. The molecule has 0 spiro atoms. The van der Waals surface area contributed by atoms with Gasteiger partial charge in [0.15, 0.2) is 0 Å². The van der Waals surface area contributed by atoms with Gasteiger partial charge in [-0.15, -0.1) is 0 Å². The Hall–Kier alpha value is -0.910. The van der Waals surface area contributed by atoms with Crippen LogP contribution >= 0.6 is 0 Å². The summed E-state index contributed by atoms with van der Waals surface area (Å²) >= 11 is 0. The van der Waals surface area contributed by atoms with E-state index in [1.54, 1.807) is 18.2 Å². The van der Waals surface area contributed by atoms with Gasteiger partial charge in [0.05, 0.1) is 4.90 Å². The second kappa shape index (κ2) is 7.03. The Morgan fingerprint density at radius 3 is 2.53 bits per heavy atom. The van der Waals surface area contributed by atoms with E-state index in [1.807, 2.05) is 13.0 Å². The second-order valence-electron chi connectivity index (χ2n) is 4.82. The van der Waals surface area contributed by atoms with Crippen molar-refractivity contribution in [1.29, 1.82) is 0 Å². The molecular weight excluding hydrogens is 260 g/mol. The maximum absolute atomic E-state index is 12.6. The lowest BCUT2D eigenvalue weighted by Crippen LogP contribution is -2.34. The van der Waals surface area contributed by atoms with Crippen LogP contribution in [0, 0.1) is 5.92 Å². The smallest absolute Gasteiger partial charge is 0.243 e. The van der Waals surface area contributed by atoms with Crippen LogP contribution in [-0.4, -0.2) is 25.8 Å². The fraction of sp³-hybridized carbons (Fsp3) is 0.571. The largest absolute Gasteiger partial charge is 0.326 e. The number of rotatable bonds is 7. The number of hydrogen-bond donors (Lipinski definition) is 1. The summed E-state index contributed by atoms with van der Waals surface area (Å²) in [7, 11) is -3.41. The Bertz CT molecular complexity index is 500. The van der Waals surface area contributed by atoms with Crippen LogP contribution in [0.3, 0.4) is 0 Å². The van der Waals surface area contributed by atoms with Crippen molar-refractivity contribution in [3.63, 3.8) is 0 Å². The molecule has 1 unspecified atom stereocenters. The van der Waals surface area contributed by atoms with E-state index >= 15 is 0 Å². The number of benzene rings is 1. The molecule has 4 nitrogen and oxygen atoms in total. The predicted molar refractivity (Wildman–Crippen MR) is 78.2 cm³/mol. The Labute approximate surface area is 116 Å². The van der Waals surface area contributed by atoms with Crippen molar-refractivity contribution in [2.24, 2.45) is 11.7 Å². The lowest BCUT2D eigenvalue weighted by Gasteiger charge is -2.23. The molecule has 0 fully saturated rings. The topological polar surface area (TPSA) is 63.4 Å². The quantitative estimate of drug-likeness (QED) is 0.835. The van der Waals surface area contributed by atoms with Crippen molar-refractivity contribution in [2.45, 2.75) is 38.6 Å². The molecule has 0 radical (unpaired) electrons. The van der Waals surface area contributed by atoms with Gasteiger partial charge >= 0.3 is 0 Å². The molecule has 0 saturated heterocycles. The normalized spacial score (nSPS) is 13.7. The summed E-state index contributed by atoms with van der Waals surface area (Å²) < 4.78 is 26.7. The van der Waals surface area contributed by atoms with E-state index in [4.69, 9.17) is 5.73 Å². The van der Waals surface area contributed by atoms with Gasteiger partial charge in [-0.3, -0.25) is 0 Å². The number of nitrogens with two attached hydrogens (primary N) is 1. The molecule has 0 aromatic heterocycles. The Balaban J connectivity index is 3.05. The summed E-state index contributed by atoms with van der Waals surface area (Å²) in [4.78, 5) is 0.334. The zero-order valence-electron chi connectivity index (χ0n) is 12.0. The maximum atomic E-state index is 12.6. The Morgan fingerprint density at radius 2 is 2.00 bits per heavy atom. The van der Waals surface area contributed by atoms with Gasteiger partial charge in [-0.05, 0) is 23.6 Å². The van der Waals surface area contributed by atoms with Crippen molar-refractivity contribution in [3.05, 3.63) is 29.8 Å². The van der Waals surface area contributed by atoms with Crippen LogP contribution in [0.5, 0.6) is 0 Å². The average Bonchev–Trinajstić information content (AvgIpc) is 2.44. The number of hydrogen-bond acceptors (Lipinski definition) is 3. The predicted octanol–water partition coefficient (Wildman–Crippen LogP) is 2.20. The standard InChI is InChI=1S/C14H24N2O2S/c1-4-12(3)11-16(5-2)19(17,18)14-8-6-7-13(9-14)10-15/h6-9,12H,4-5,10-11,15H2,1-3H3. The zero-order valence-corrected chi connectivity index (χ0v) is 12.8. The molecule has 1 rings (SSSR count). The molecule has 19 heavy (non-hydrogen) atoms. The molecule has 1 aromatic carbocycles. The first-order chi connectivity index (χ1) is 8.95. The summed E-state index contributed by atoms with van der Waals surface area (Å²) in [6, 6.07) is 6.87. The Morgan fingerprint density at radius 1 is 1.32 bits per heavy atom. The van der Waals surface area contributed by atoms with Gasteiger partial charge in [0.2, 0.25) is 10.0 Å². The molecule has 2 N–H and O–H groups in total. The zero-order chi connectivity index (χ0) is 14.5. The number of sulfonamides is 1. The van der Waals surface area contributed by atoms with E-state index in [2.05, 4.69) is 13.8 Å². The minimum Gasteiger partial charge on any atom is -0.326 e. The molecule has 1 atom stereocenters. The average molecular weight is 284 g/mol. The first-order valence-electron chi connectivity index (χ1n) is 6.74. The molecule has 0 aliphatic carbocycles. The maximum Gasteiger partial charge on any atom is 0.243 e. The second-order valence-corrected chi connectivity index (χ2v) is 6.76. The minimum atomic E-state index is -3.41. The first kappa shape index (κ1) is 16.1. The van der Waals surface area contributed by atoms with Crippen LogP contribution in [-0.2, 0) is 16.6 Å². The van der Waals surface area contributed by atoms with Crippen LogP contribution in [0.25, 0.3) is 0 Å². The van der Waals surface area contributed by atoms with Crippen molar-refractivity contribution in [1.82, 2.24) is 4.31 Å². The molecule has 108 valence electrons. The van der Waals surface area contributed by atoms with Gasteiger partial charge in [-0.25, -0.2) is 8.42 Å². The summed E-state index contributed by atoms with van der Waals surface area (Å²) in [5.74, 6) is 0.354. The van der Waals surface area contributed by atoms with Gasteiger partial charge < -0.3 is 5.73 Å². The van der Waals surface area contributed by atoms with Crippen LogP contribution in [0.1, 0.15) is 32.8 Å². The van der Waals surface area contributed by atoms with Crippen LogP contribution in [0.15, 0.2) is 29.2 Å².